The number of benzene rings is 1. The van der Waals surface area contributed by atoms with Crippen molar-refractivity contribution in [2.24, 2.45) is 5.73 Å². The van der Waals surface area contributed by atoms with E-state index in [1.807, 2.05) is 0 Å². The highest BCUT2D eigenvalue weighted by molar-refractivity contribution is 5.85. The highest BCUT2D eigenvalue weighted by Gasteiger charge is 2.31. The summed E-state index contributed by atoms with van der Waals surface area (Å²) >= 11 is 0. The van der Waals surface area contributed by atoms with Crippen LogP contribution in [0.1, 0.15) is 11.6 Å². The van der Waals surface area contributed by atoms with Gasteiger partial charge >= 0.3 is 12.3 Å². The predicted octanol–water partition coefficient (Wildman–Crippen LogP) is 2.19. The normalized spacial score (nSPS) is 12.1. The first kappa shape index (κ1) is 18.3. The van der Waals surface area contributed by atoms with Crippen LogP contribution in [0.15, 0.2) is 18.2 Å². The molecule has 1 atom stereocenters. The number of hydrogen-bond donors (Lipinski definition) is 1. The fraction of sp³-hybridized carbons (Fsp3) is 0.364. The van der Waals surface area contributed by atoms with Crippen LogP contribution in [0.3, 0.4) is 0 Å². The minimum atomic E-state index is -4.81. The van der Waals surface area contributed by atoms with Gasteiger partial charge in [-0.25, -0.2) is 0 Å². The van der Waals surface area contributed by atoms with E-state index in [0.717, 1.165) is 19.2 Å². The SMILES string of the molecule is COC(=O)[C@@H](N)c1ccc(OC(F)(F)F)cc1OC.Cl. The Balaban J connectivity index is 0.00000361. The Hall–Kier alpha value is -1.67. The number of hydrogen-bond acceptors (Lipinski definition) is 5. The summed E-state index contributed by atoms with van der Waals surface area (Å²) in [6, 6.07) is 2.08. The molecule has 1 rings (SSSR count). The summed E-state index contributed by atoms with van der Waals surface area (Å²) in [5, 5.41) is 0. The van der Waals surface area contributed by atoms with E-state index < -0.39 is 24.1 Å². The van der Waals surface area contributed by atoms with Crippen LogP contribution in [0.4, 0.5) is 13.2 Å². The number of nitrogens with two attached hydrogens (primary N) is 1. The fourth-order valence-electron chi connectivity index (χ4n) is 1.40. The van der Waals surface area contributed by atoms with Gasteiger partial charge in [0.2, 0.25) is 0 Å². The first-order valence-corrected chi connectivity index (χ1v) is 5.05. The maximum atomic E-state index is 12.1. The molecule has 0 spiro atoms. The number of carbonyl (C=O) groups excluding carboxylic acids is 1. The van der Waals surface area contributed by atoms with Gasteiger partial charge in [-0.2, -0.15) is 0 Å². The molecule has 0 bridgehead atoms. The number of alkyl halides is 3. The molecule has 5 nitrogen and oxygen atoms in total. The van der Waals surface area contributed by atoms with Gasteiger partial charge in [0, 0.05) is 11.6 Å². The summed E-state index contributed by atoms with van der Waals surface area (Å²) in [6.45, 7) is 0. The Morgan fingerprint density at radius 1 is 1.30 bits per heavy atom. The summed E-state index contributed by atoms with van der Waals surface area (Å²) in [5.41, 5.74) is 5.78. The standard InChI is InChI=1S/C11H12F3NO4.ClH/c1-17-8-5-6(19-11(12,13)14)3-4-7(8)9(15)10(16)18-2;/h3-5,9H,15H2,1-2H3;1H/t9-;/m0./s1. The Kier molecular flexibility index (Phi) is 6.60. The number of halogens is 4. The van der Waals surface area contributed by atoms with Crippen molar-refractivity contribution >= 4 is 18.4 Å². The zero-order valence-electron chi connectivity index (χ0n) is 10.6. The van der Waals surface area contributed by atoms with Crippen molar-refractivity contribution in [3.63, 3.8) is 0 Å². The van der Waals surface area contributed by atoms with Crippen LogP contribution < -0.4 is 15.2 Å². The monoisotopic (exact) mass is 315 g/mol. The third-order valence-corrected chi connectivity index (χ3v) is 2.23. The molecule has 2 N–H and O–H groups in total. The number of esters is 1. The first-order chi connectivity index (χ1) is 8.78. The molecule has 0 aliphatic heterocycles. The molecule has 0 saturated heterocycles. The fourth-order valence-corrected chi connectivity index (χ4v) is 1.40. The van der Waals surface area contributed by atoms with Gasteiger partial charge in [-0.05, 0) is 12.1 Å². The van der Waals surface area contributed by atoms with Gasteiger partial charge in [-0.1, -0.05) is 0 Å². The molecule has 0 fully saturated rings. The van der Waals surface area contributed by atoms with E-state index in [2.05, 4.69) is 9.47 Å². The maximum Gasteiger partial charge on any atom is 0.573 e. The molecular weight excluding hydrogens is 303 g/mol. The van der Waals surface area contributed by atoms with Gasteiger partial charge in [0.15, 0.2) is 0 Å². The summed E-state index contributed by atoms with van der Waals surface area (Å²) in [5.74, 6) is -1.20. The smallest absolute Gasteiger partial charge is 0.496 e. The molecule has 9 heteroatoms. The molecule has 0 heterocycles. The molecule has 0 amide bonds. The third-order valence-electron chi connectivity index (χ3n) is 2.23. The highest BCUT2D eigenvalue weighted by atomic mass is 35.5. The Bertz CT molecular complexity index is 467. The summed E-state index contributed by atoms with van der Waals surface area (Å²) in [6.07, 6.45) is -4.81. The van der Waals surface area contributed by atoms with Gasteiger partial charge in [-0.3, -0.25) is 4.79 Å². The van der Waals surface area contributed by atoms with Gasteiger partial charge < -0.3 is 19.9 Å². The summed E-state index contributed by atoms with van der Waals surface area (Å²) in [4.78, 5) is 11.3. The van der Waals surface area contributed by atoms with E-state index in [-0.39, 0.29) is 23.7 Å². The van der Waals surface area contributed by atoms with Crippen molar-refractivity contribution in [3.8, 4) is 11.5 Å². The van der Waals surface area contributed by atoms with E-state index in [1.165, 1.54) is 13.2 Å². The quantitative estimate of drug-likeness (QED) is 0.862. The van der Waals surface area contributed by atoms with E-state index in [1.54, 1.807) is 0 Å². The average Bonchev–Trinajstić information content (AvgIpc) is 2.34. The van der Waals surface area contributed by atoms with Crippen molar-refractivity contribution in [2.75, 3.05) is 14.2 Å². The van der Waals surface area contributed by atoms with Crippen LogP contribution in [0.2, 0.25) is 0 Å². The zero-order valence-corrected chi connectivity index (χ0v) is 11.4. The lowest BCUT2D eigenvalue weighted by Gasteiger charge is -2.15. The number of rotatable bonds is 4. The second-order valence-electron chi connectivity index (χ2n) is 3.45. The Morgan fingerprint density at radius 3 is 2.35 bits per heavy atom. The van der Waals surface area contributed by atoms with Gasteiger partial charge in [0.05, 0.1) is 14.2 Å². The minimum absolute atomic E-state index is 0. The van der Waals surface area contributed by atoms with E-state index in [4.69, 9.17) is 10.5 Å². The third kappa shape index (κ3) is 4.78. The maximum absolute atomic E-state index is 12.1. The predicted molar refractivity (Wildman–Crippen MR) is 65.9 cm³/mol. The molecule has 1 aromatic carbocycles. The van der Waals surface area contributed by atoms with Crippen molar-refractivity contribution in [1.82, 2.24) is 0 Å². The van der Waals surface area contributed by atoms with Crippen LogP contribution in [0.25, 0.3) is 0 Å². The zero-order chi connectivity index (χ0) is 14.6. The molecule has 0 saturated carbocycles. The van der Waals surface area contributed by atoms with Crippen LogP contribution in [0.5, 0.6) is 11.5 Å². The molecule has 0 aromatic heterocycles. The van der Waals surface area contributed by atoms with Crippen LogP contribution in [-0.4, -0.2) is 26.6 Å². The van der Waals surface area contributed by atoms with E-state index >= 15 is 0 Å². The average molecular weight is 316 g/mol. The lowest BCUT2D eigenvalue weighted by molar-refractivity contribution is -0.274. The summed E-state index contributed by atoms with van der Waals surface area (Å²) < 4.78 is 49.2. The molecule has 0 unspecified atom stereocenters. The Morgan fingerprint density at radius 2 is 1.90 bits per heavy atom. The Labute approximate surface area is 119 Å². The van der Waals surface area contributed by atoms with Gasteiger partial charge in [0.25, 0.3) is 0 Å². The van der Waals surface area contributed by atoms with Crippen LogP contribution >= 0.6 is 12.4 Å². The first-order valence-electron chi connectivity index (χ1n) is 5.05. The van der Waals surface area contributed by atoms with Crippen LogP contribution in [-0.2, 0) is 9.53 Å². The topological polar surface area (TPSA) is 70.8 Å². The molecule has 1 aromatic rings. The second-order valence-corrected chi connectivity index (χ2v) is 3.45. The highest BCUT2D eigenvalue weighted by Crippen LogP contribution is 2.31. The van der Waals surface area contributed by atoms with Crippen molar-refractivity contribution < 1.29 is 32.2 Å². The molecule has 0 aliphatic carbocycles. The van der Waals surface area contributed by atoms with E-state index in [0.29, 0.717) is 0 Å². The minimum Gasteiger partial charge on any atom is -0.496 e. The molecule has 20 heavy (non-hydrogen) atoms. The number of methoxy groups -OCH3 is 2. The molecule has 114 valence electrons. The van der Waals surface area contributed by atoms with Crippen LogP contribution in [0, 0.1) is 0 Å². The second kappa shape index (κ2) is 7.20. The summed E-state index contributed by atoms with van der Waals surface area (Å²) in [7, 11) is 2.38. The van der Waals surface area contributed by atoms with Crippen molar-refractivity contribution in [1.29, 1.82) is 0 Å². The largest absolute Gasteiger partial charge is 0.573 e. The number of ether oxygens (including phenoxy) is 3. The van der Waals surface area contributed by atoms with Gasteiger partial charge in [-0.15, -0.1) is 25.6 Å². The molecule has 0 aliphatic rings. The van der Waals surface area contributed by atoms with E-state index in [9.17, 15) is 18.0 Å². The molecular formula is C11H13ClF3NO4. The lowest BCUT2D eigenvalue weighted by Crippen LogP contribution is -2.23. The van der Waals surface area contributed by atoms with Crippen molar-refractivity contribution in [2.45, 2.75) is 12.4 Å². The number of carbonyl (C=O) groups is 1. The van der Waals surface area contributed by atoms with Crippen molar-refractivity contribution in [3.05, 3.63) is 23.8 Å². The van der Waals surface area contributed by atoms with Gasteiger partial charge in [0.1, 0.15) is 17.5 Å². The lowest BCUT2D eigenvalue weighted by atomic mass is 10.1. The molecule has 0 radical (unpaired) electrons.